The van der Waals surface area contributed by atoms with Gasteiger partial charge in [-0.2, -0.15) is 4.98 Å². The molecule has 1 aliphatic carbocycles. The molecule has 0 aromatic carbocycles. The maximum Gasteiger partial charge on any atom is 0.349 e. The highest BCUT2D eigenvalue weighted by atomic mass is 19.1. The fraction of sp³-hybridized carbons (Fsp3) is 0.667. The van der Waals surface area contributed by atoms with Crippen molar-refractivity contribution < 1.29 is 9.50 Å². The van der Waals surface area contributed by atoms with Crippen molar-refractivity contribution in [3.8, 4) is 0 Å². The SMILES string of the molecule is [2H]OC[C@H]1C[C@@H](n2cc(F)c(N)nc2=O)[C@@H](C)C1C. The molecule has 0 saturated heterocycles. The Labute approximate surface area is 106 Å². The van der Waals surface area contributed by atoms with Crippen LogP contribution in [0.3, 0.4) is 0 Å². The van der Waals surface area contributed by atoms with E-state index >= 15 is 0 Å². The summed E-state index contributed by atoms with van der Waals surface area (Å²) in [6, 6.07) is -0.134. The van der Waals surface area contributed by atoms with Crippen molar-refractivity contribution in [2.24, 2.45) is 17.8 Å². The number of aliphatic hydroxyl groups excluding tert-OH is 1. The zero-order chi connectivity index (χ0) is 14.2. The third kappa shape index (κ3) is 2.01. The number of hydrogen-bond acceptors (Lipinski definition) is 4. The van der Waals surface area contributed by atoms with Crippen molar-refractivity contribution >= 4 is 5.82 Å². The van der Waals surface area contributed by atoms with Gasteiger partial charge in [-0.1, -0.05) is 13.8 Å². The Morgan fingerprint density at radius 2 is 2.39 bits per heavy atom. The third-order valence-electron chi connectivity index (χ3n) is 4.23. The highest BCUT2D eigenvalue weighted by molar-refractivity contribution is 5.26. The van der Waals surface area contributed by atoms with Gasteiger partial charge in [-0.05, 0) is 24.2 Å². The second-order valence-corrected chi connectivity index (χ2v) is 5.11. The monoisotopic (exact) mass is 256 g/mol. The number of hydrogen-bond donors (Lipinski definition) is 2. The molecule has 100 valence electrons. The van der Waals surface area contributed by atoms with Crippen LogP contribution in [0.25, 0.3) is 0 Å². The molecule has 1 fully saturated rings. The van der Waals surface area contributed by atoms with Crippen molar-refractivity contribution in [2.45, 2.75) is 26.3 Å². The van der Waals surface area contributed by atoms with Crippen LogP contribution in [0, 0.1) is 23.6 Å². The van der Waals surface area contributed by atoms with Gasteiger partial charge >= 0.3 is 5.69 Å². The molecule has 0 bridgehead atoms. The summed E-state index contributed by atoms with van der Waals surface area (Å²) in [6.45, 7) is 4.39. The van der Waals surface area contributed by atoms with Crippen LogP contribution in [0.4, 0.5) is 10.2 Å². The lowest BCUT2D eigenvalue weighted by molar-refractivity contribution is 0.191. The van der Waals surface area contributed by atoms with Crippen LogP contribution < -0.4 is 11.4 Å². The molecule has 0 radical (unpaired) electrons. The van der Waals surface area contributed by atoms with E-state index in [4.69, 9.17) is 7.16 Å². The standard InChI is InChI=1S/C12H18FN3O2/c1-6-7(2)10(3-8(6)5-17)16-4-9(13)11(14)15-12(16)18/h4,6-8,10,17H,3,5H2,1-2H3,(H2,14,15,18)/t6?,7-,8+,10+/m0/s1/i17D. The van der Waals surface area contributed by atoms with Gasteiger partial charge in [0.25, 0.3) is 0 Å². The van der Waals surface area contributed by atoms with Gasteiger partial charge < -0.3 is 10.8 Å². The molecule has 1 aliphatic rings. The topological polar surface area (TPSA) is 81.1 Å². The molecule has 18 heavy (non-hydrogen) atoms. The van der Waals surface area contributed by atoms with Gasteiger partial charge in [0.1, 0.15) is 0 Å². The largest absolute Gasteiger partial charge is 0.396 e. The second-order valence-electron chi connectivity index (χ2n) is 5.11. The highest BCUT2D eigenvalue weighted by Gasteiger charge is 2.39. The first-order valence-electron chi connectivity index (χ1n) is 6.48. The Balaban J connectivity index is 2.33. The molecular formula is C12H18FN3O2. The Morgan fingerprint density at radius 3 is 3.06 bits per heavy atom. The van der Waals surface area contributed by atoms with E-state index in [1.807, 2.05) is 6.92 Å². The molecule has 6 heteroatoms. The molecule has 2 rings (SSSR count). The number of anilines is 1. The summed E-state index contributed by atoms with van der Waals surface area (Å²) in [5.74, 6) is -0.388. The number of aliphatic hydroxyl groups is 1. The molecule has 4 atom stereocenters. The van der Waals surface area contributed by atoms with E-state index in [0.717, 1.165) is 6.20 Å². The molecule has 1 aromatic rings. The minimum Gasteiger partial charge on any atom is -0.396 e. The summed E-state index contributed by atoms with van der Waals surface area (Å²) in [6.07, 6.45) is 1.80. The van der Waals surface area contributed by atoms with Gasteiger partial charge in [0.05, 0.1) is 0 Å². The van der Waals surface area contributed by atoms with Crippen molar-refractivity contribution in [1.82, 2.24) is 9.55 Å². The summed E-state index contributed by atoms with van der Waals surface area (Å²) >= 11 is 0. The Kier molecular flexibility index (Phi) is 3.03. The third-order valence-corrected chi connectivity index (χ3v) is 4.23. The predicted octanol–water partition coefficient (Wildman–Crippen LogP) is 0.790. The number of rotatable bonds is 3. The van der Waals surface area contributed by atoms with E-state index in [2.05, 4.69) is 17.0 Å². The van der Waals surface area contributed by atoms with Crippen LogP contribution in [-0.2, 0) is 0 Å². The number of nitrogen functional groups attached to an aromatic ring is 1. The zero-order valence-electron chi connectivity index (χ0n) is 11.5. The van der Waals surface area contributed by atoms with Crippen molar-refractivity contribution in [1.29, 1.82) is 1.43 Å². The van der Waals surface area contributed by atoms with Gasteiger partial charge in [-0.15, -0.1) is 0 Å². The summed E-state index contributed by atoms with van der Waals surface area (Å²) in [5, 5.41) is 4.45. The minimum atomic E-state index is -0.681. The van der Waals surface area contributed by atoms with Crippen LogP contribution in [0.5, 0.6) is 0 Å². The fourth-order valence-corrected chi connectivity index (χ4v) is 2.80. The van der Waals surface area contributed by atoms with Crippen LogP contribution in [0.15, 0.2) is 11.0 Å². The lowest BCUT2D eigenvalue weighted by atomic mass is 9.92. The highest BCUT2D eigenvalue weighted by Crippen LogP contribution is 2.43. The molecule has 1 aromatic heterocycles. The number of nitrogens with two attached hydrogens (primary N) is 1. The summed E-state index contributed by atoms with van der Waals surface area (Å²) in [7, 11) is 0. The van der Waals surface area contributed by atoms with E-state index in [9.17, 15) is 9.18 Å². The van der Waals surface area contributed by atoms with E-state index in [1.165, 1.54) is 4.57 Å². The van der Waals surface area contributed by atoms with Crippen LogP contribution in [0.1, 0.15) is 26.3 Å². The van der Waals surface area contributed by atoms with Gasteiger partial charge in [0, 0.05) is 18.8 Å². The average Bonchev–Trinajstić information content (AvgIpc) is 2.63. The molecule has 0 spiro atoms. The Hall–Kier alpha value is -1.43. The van der Waals surface area contributed by atoms with Crippen LogP contribution in [-0.4, -0.2) is 22.7 Å². The van der Waals surface area contributed by atoms with E-state index in [1.54, 1.807) is 0 Å². The van der Waals surface area contributed by atoms with Crippen molar-refractivity contribution in [2.75, 3.05) is 12.3 Å². The van der Waals surface area contributed by atoms with Crippen LogP contribution >= 0.6 is 0 Å². The maximum atomic E-state index is 13.5. The van der Waals surface area contributed by atoms with Crippen molar-refractivity contribution in [3.05, 3.63) is 22.5 Å². The van der Waals surface area contributed by atoms with Gasteiger partial charge in [-0.3, -0.25) is 4.57 Å². The first-order valence-corrected chi connectivity index (χ1v) is 6.08. The van der Waals surface area contributed by atoms with Gasteiger partial charge in [0.15, 0.2) is 11.6 Å². The lowest BCUT2D eigenvalue weighted by Gasteiger charge is -2.20. The molecule has 0 amide bonds. The van der Waals surface area contributed by atoms with E-state index in [0.29, 0.717) is 18.9 Å². The average molecular weight is 256 g/mol. The molecular weight excluding hydrogens is 237 g/mol. The van der Waals surface area contributed by atoms with Gasteiger partial charge in [-0.25, -0.2) is 9.18 Å². The number of aromatic nitrogens is 2. The Bertz CT molecular complexity index is 522. The summed E-state index contributed by atoms with van der Waals surface area (Å²) in [4.78, 5) is 15.3. The number of nitrogens with zero attached hydrogens (tertiary/aromatic N) is 2. The minimum absolute atomic E-state index is 0.134. The molecule has 1 saturated carbocycles. The first-order chi connectivity index (χ1) is 8.95. The first kappa shape index (κ1) is 11.6. The Morgan fingerprint density at radius 1 is 1.67 bits per heavy atom. The summed E-state index contributed by atoms with van der Waals surface area (Å²) < 4.78 is 21.6. The second kappa shape index (κ2) is 4.68. The smallest absolute Gasteiger partial charge is 0.349 e. The molecule has 1 unspecified atom stereocenters. The quantitative estimate of drug-likeness (QED) is 0.837. The predicted molar refractivity (Wildman–Crippen MR) is 65.4 cm³/mol. The molecule has 1 heterocycles. The van der Waals surface area contributed by atoms with Gasteiger partial charge in [0.2, 0.25) is 1.43 Å². The molecule has 0 aliphatic heterocycles. The fourth-order valence-electron chi connectivity index (χ4n) is 2.80. The molecule has 3 N–H and O–H groups in total. The zero-order valence-corrected chi connectivity index (χ0v) is 10.5. The molecule has 5 nitrogen and oxygen atoms in total. The number of halogens is 1. The van der Waals surface area contributed by atoms with Crippen LogP contribution in [0.2, 0.25) is 0 Å². The van der Waals surface area contributed by atoms with E-state index < -0.39 is 11.5 Å². The summed E-state index contributed by atoms with van der Waals surface area (Å²) in [5.41, 5.74) is 4.75. The normalized spacial score (nSPS) is 32.5. The van der Waals surface area contributed by atoms with E-state index in [-0.39, 0.29) is 23.7 Å². The maximum absolute atomic E-state index is 13.5. The lowest BCUT2D eigenvalue weighted by Crippen LogP contribution is -2.30. The van der Waals surface area contributed by atoms with Crippen molar-refractivity contribution in [3.63, 3.8) is 0 Å².